The minimum atomic E-state index is -0.0693. The van der Waals surface area contributed by atoms with Gasteiger partial charge < -0.3 is 19.7 Å². The average Bonchev–Trinajstić information content (AvgIpc) is 3.61. The summed E-state index contributed by atoms with van der Waals surface area (Å²) in [6.07, 6.45) is 3.61. The molecule has 1 fully saturated rings. The van der Waals surface area contributed by atoms with Crippen LogP contribution in [0.25, 0.3) is 0 Å². The number of ether oxygens (including phenoxy) is 2. The summed E-state index contributed by atoms with van der Waals surface area (Å²) in [5, 5.41) is 3.01. The SMILES string of the molecule is O=C(CCc1ccc2c(c1)CN(C(=O)COc1ccccc1)CCO2)NCC1CC1. The minimum Gasteiger partial charge on any atom is -0.491 e. The van der Waals surface area contributed by atoms with Gasteiger partial charge in [-0.05, 0) is 48.9 Å². The maximum absolute atomic E-state index is 12.7. The average molecular weight is 408 g/mol. The van der Waals surface area contributed by atoms with E-state index in [-0.39, 0.29) is 18.4 Å². The Morgan fingerprint density at radius 3 is 2.77 bits per heavy atom. The van der Waals surface area contributed by atoms with Crippen molar-refractivity contribution in [1.82, 2.24) is 10.2 Å². The lowest BCUT2D eigenvalue weighted by Gasteiger charge is -2.20. The predicted octanol–water partition coefficient (Wildman–Crippen LogP) is 2.95. The Hall–Kier alpha value is -3.02. The van der Waals surface area contributed by atoms with Crippen molar-refractivity contribution in [3.63, 3.8) is 0 Å². The molecular formula is C24H28N2O4. The summed E-state index contributed by atoms with van der Waals surface area (Å²) in [4.78, 5) is 26.4. The van der Waals surface area contributed by atoms with Crippen LogP contribution in [0.1, 0.15) is 30.4 Å². The van der Waals surface area contributed by atoms with Crippen molar-refractivity contribution >= 4 is 11.8 Å². The Bertz CT molecular complexity index is 880. The Labute approximate surface area is 177 Å². The number of rotatable bonds is 8. The van der Waals surface area contributed by atoms with E-state index in [1.54, 1.807) is 4.90 Å². The number of para-hydroxylation sites is 1. The first-order valence-electron chi connectivity index (χ1n) is 10.6. The molecule has 6 nitrogen and oxygen atoms in total. The molecule has 6 heteroatoms. The van der Waals surface area contributed by atoms with Gasteiger partial charge in [-0.2, -0.15) is 0 Å². The maximum Gasteiger partial charge on any atom is 0.260 e. The van der Waals surface area contributed by atoms with Crippen LogP contribution < -0.4 is 14.8 Å². The molecule has 30 heavy (non-hydrogen) atoms. The molecule has 0 radical (unpaired) electrons. The summed E-state index contributed by atoms with van der Waals surface area (Å²) in [7, 11) is 0. The minimum absolute atomic E-state index is 0.000201. The number of hydrogen-bond acceptors (Lipinski definition) is 4. The van der Waals surface area contributed by atoms with Crippen molar-refractivity contribution in [2.45, 2.75) is 32.2 Å². The van der Waals surface area contributed by atoms with Crippen molar-refractivity contribution in [3.05, 3.63) is 59.7 Å². The number of carbonyl (C=O) groups excluding carboxylic acids is 2. The molecule has 1 saturated carbocycles. The molecule has 0 unspecified atom stereocenters. The highest BCUT2D eigenvalue weighted by molar-refractivity contribution is 5.78. The Morgan fingerprint density at radius 1 is 1.13 bits per heavy atom. The summed E-state index contributed by atoms with van der Waals surface area (Å²) in [6.45, 7) is 2.25. The second-order valence-electron chi connectivity index (χ2n) is 7.96. The molecular weight excluding hydrogens is 380 g/mol. The van der Waals surface area contributed by atoms with E-state index >= 15 is 0 Å². The van der Waals surface area contributed by atoms with Gasteiger partial charge in [0.15, 0.2) is 6.61 Å². The molecule has 0 spiro atoms. The van der Waals surface area contributed by atoms with E-state index in [1.807, 2.05) is 48.5 Å². The molecule has 0 atom stereocenters. The van der Waals surface area contributed by atoms with Crippen LogP contribution in [0.2, 0.25) is 0 Å². The topological polar surface area (TPSA) is 67.9 Å². The van der Waals surface area contributed by atoms with Crippen LogP contribution in [0.15, 0.2) is 48.5 Å². The third kappa shape index (κ3) is 5.75. The second kappa shape index (κ2) is 9.65. The molecule has 1 heterocycles. The highest BCUT2D eigenvalue weighted by atomic mass is 16.5. The lowest BCUT2D eigenvalue weighted by Crippen LogP contribution is -2.36. The quantitative estimate of drug-likeness (QED) is 0.729. The number of fused-ring (bicyclic) bond motifs is 1. The molecule has 2 amide bonds. The van der Waals surface area contributed by atoms with Gasteiger partial charge in [0, 0.05) is 25.1 Å². The van der Waals surface area contributed by atoms with Crippen LogP contribution in [0.4, 0.5) is 0 Å². The van der Waals surface area contributed by atoms with E-state index in [0.29, 0.717) is 44.2 Å². The molecule has 1 aliphatic heterocycles. The van der Waals surface area contributed by atoms with Gasteiger partial charge in [0.05, 0.1) is 6.54 Å². The van der Waals surface area contributed by atoms with E-state index in [4.69, 9.17) is 9.47 Å². The van der Waals surface area contributed by atoms with Crippen LogP contribution in [-0.2, 0) is 22.6 Å². The summed E-state index contributed by atoms with van der Waals surface area (Å²) in [6, 6.07) is 15.3. The summed E-state index contributed by atoms with van der Waals surface area (Å²) >= 11 is 0. The van der Waals surface area contributed by atoms with E-state index in [9.17, 15) is 9.59 Å². The van der Waals surface area contributed by atoms with Crippen molar-refractivity contribution in [2.75, 3.05) is 26.3 Å². The molecule has 1 N–H and O–H groups in total. The third-order valence-electron chi connectivity index (χ3n) is 5.49. The predicted molar refractivity (Wildman–Crippen MR) is 113 cm³/mol. The molecule has 2 aliphatic rings. The number of hydrogen-bond donors (Lipinski definition) is 1. The fourth-order valence-corrected chi connectivity index (χ4v) is 3.50. The largest absolute Gasteiger partial charge is 0.491 e. The fourth-order valence-electron chi connectivity index (χ4n) is 3.50. The van der Waals surface area contributed by atoms with Crippen LogP contribution in [-0.4, -0.2) is 43.0 Å². The molecule has 0 aromatic heterocycles. The zero-order valence-electron chi connectivity index (χ0n) is 17.1. The van der Waals surface area contributed by atoms with E-state index < -0.39 is 0 Å². The molecule has 0 saturated heterocycles. The van der Waals surface area contributed by atoms with E-state index in [1.165, 1.54) is 12.8 Å². The normalized spacial score (nSPS) is 15.5. The molecule has 158 valence electrons. The van der Waals surface area contributed by atoms with Gasteiger partial charge in [-0.3, -0.25) is 9.59 Å². The van der Waals surface area contributed by atoms with Gasteiger partial charge in [-0.25, -0.2) is 0 Å². The van der Waals surface area contributed by atoms with Crippen molar-refractivity contribution in [3.8, 4) is 11.5 Å². The molecule has 4 rings (SSSR count). The summed E-state index contributed by atoms with van der Waals surface area (Å²) in [5.74, 6) is 2.20. The van der Waals surface area contributed by atoms with Gasteiger partial charge in [0.2, 0.25) is 5.91 Å². The van der Waals surface area contributed by atoms with Crippen LogP contribution >= 0.6 is 0 Å². The molecule has 0 bridgehead atoms. The Kier molecular flexibility index (Phi) is 6.52. The number of carbonyl (C=O) groups is 2. The second-order valence-corrected chi connectivity index (χ2v) is 7.96. The zero-order chi connectivity index (χ0) is 20.8. The van der Waals surface area contributed by atoms with Gasteiger partial charge in [0.25, 0.3) is 5.91 Å². The highest BCUT2D eigenvalue weighted by Crippen LogP contribution is 2.28. The Balaban J connectivity index is 1.32. The lowest BCUT2D eigenvalue weighted by molar-refractivity contribution is -0.134. The first-order chi connectivity index (χ1) is 14.7. The number of benzene rings is 2. The van der Waals surface area contributed by atoms with E-state index in [2.05, 4.69) is 5.32 Å². The number of nitrogens with one attached hydrogen (secondary N) is 1. The number of amides is 2. The van der Waals surface area contributed by atoms with Crippen molar-refractivity contribution in [1.29, 1.82) is 0 Å². The number of nitrogens with zero attached hydrogens (tertiary/aromatic N) is 1. The lowest BCUT2D eigenvalue weighted by atomic mass is 10.0. The van der Waals surface area contributed by atoms with Crippen LogP contribution in [0.3, 0.4) is 0 Å². The molecule has 1 aliphatic carbocycles. The molecule has 2 aromatic carbocycles. The van der Waals surface area contributed by atoms with Crippen LogP contribution in [0.5, 0.6) is 11.5 Å². The Morgan fingerprint density at radius 2 is 1.97 bits per heavy atom. The van der Waals surface area contributed by atoms with Gasteiger partial charge in [-0.1, -0.05) is 30.3 Å². The standard InChI is InChI=1S/C24H28N2O4/c27-23(25-15-19-6-7-19)11-9-18-8-10-22-20(14-18)16-26(12-13-29-22)24(28)17-30-21-4-2-1-3-5-21/h1-5,8,10,14,19H,6-7,9,11-13,15-17H2,(H,25,27). The van der Waals surface area contributed by atoms with Crippen molar-refractivity contribution < 1.29 is 19.1 Å². The summed E-state index contributed by atoms with van der Waals surface area (Å²) in [5.41, 5.74) is 2.05. The maximum atomic E-state index is 12.7. The highest BCUT2D eigenvalue weighted by Gasteiger charge is 2.22. The van der Waals surface area contributed by atoms with Crippen molar-refractivity contribution in [2.24, 2.45) is 5.92 Å². The first-order valence-corrected chi connectivity index (χ1v) is 10.6. The fraction of sp³-hybridized carbons (Fsp3) is 0.417. The zero-order valence-corrected chi connectivity index (χ0v) is 17.1. The van der Waals surface area contributed by atoms with Gasteiger partial charge in [0.1, 0.15) is 18.1 Å². The van der Waals surface area contributed by atoms with E-state index in [0.717, 1.165) is 23.4 Å². The third-order valence-corrected chi connectivity index (χ3v) is 5.49. The van der Waals surface area contributed by atoms with Gasteiger partial charge >= 0.3 is 0 Å². The molecule has 2 aromatic rings. The first kappa shape index (κ1) is 20.3. The smallest absolute Gasteiger partial charge is 0.260 e. The summed E-state index contributed by atoms with van der Waals surface area (Å²) < 4.78 is 11.4. The van der Waals surface area contributed by atoms with Crippen LogP contribution in [0, 0.1) is 5.92 Å². The van der Waals surface area contributed by atoms with Gasteiger partial charge in [-0.15, -0.1) is 0 Å². The monoisotopic (exact) mass is 408 g/mol. The number of aryl methyl sites for hydroxylation is 1.